The first-order valence-electron chi connectivity index (χ1n) is 14.4. The number of hydrogen-bond acceptors (Lipinski definition) is 6. The molecule has 4 rings (SSSR count). The molecule has 0 aliphatic carbocycles. The van der Waals surface area contributed by atoms with Crippen LogP contribution in [0.2, 0.25) is 0 Å². The maximum Gasteiger partial charge on any atom is 0.267 e. The zero-order chi connectivity index (χ0) is 31.5. The van der Waals surface area contributed by atoms with Gasteiger partial charge in [-0.3, -0.25) is 14.4 Å². The summed E-state index contributed by atoms with van der Waals surface area (Å²) in [6.07, 6.45) is 1.65. The normalized spacial score (nSPS) is 18.4. The predicted octanol–water partition coefficient (Wildman–Crippen LogP) is 4.02. The minimum Gasteiger partial charge on any atom is -0.598 e. The van der Waals surface area contributed by atoms with Crippen molar-refractivity contribution in [2.75, 3.05) is 6.54 Å². The molecule has 0 saturated carbocycles. The first kappa shape index (κ1) is 32.4. The van der Waals surface area contributed by atoms with E-state index in [-0.39, 0.29) is 42.0 Å². The average molecular weight is 610 g/mol. The summed E-state index contributed by atoms with van der Waals surface area (Å²) in [5.74, 6) is -1.09. The second-order valence-electron chi connectivity index (χ2n) is 12.2. The molecule has 2 amide bonds. The summed E-state index contributed by atoms with van der Waals surface area (Å²) in [4.78, 5) is 40.7. The third-order valence-electron chi connectivity index (χ3n) is 7.77. The fourth-order valence-corrected chi connectivity index (χ4v) is 6.28. The highest BCUT2D eigenvalue weighted by molar-refractivity contribution is 7.90. The van der Waals surface area contributed by atoms with E-state index in [1.165, 1.54) is 12.1 Å². The summed E-state index contributed by atoms with van der Waals surface area (Å²) in [5, 5.41) is 9.15. The van der Waals surface area contributed by atoms with Crippen LogP contribution >= 0.6 is 0 Å². The van der Waals surface area contributed by atoms with Crippen LogP contribution in [0, 0.1) is 19.7 Å². The topological polar surface area (TPSA) is 130 Å². The lowest BCUT2D eigenvalue weighted by atomic mass is 9.99. The quantitative estimate of drug-likeness (QED) is 0.314. The number of nitrogens with zero attached hydrogens (tertiary/aromatic N) is 2. The van der Waals surface area contributed by atoms with Crippen molar-refractivity contribution in [2.45, 2.75) is 83.7 Å². The summed E-state index contributed by atoms with van der Waals surface area (Å²) in [5.41, 5.74) is 3.85. The lowest BCUT2D eigenvalue weighted by Crippen LogP contribution is -2.54. The molecular weight excluding hydrogens is 569 g/mol. The molecule has 11 heteroatoms. The zero-order valence-corrected chi connectivity index (χ0v) is 26.3. The van der Waals surface area contributed by atoms with E-state index < -0.39 is 22.0 Å². The van der Waals surface area contributed by atoms with Crippen LogP contribution in [0.4, 0.5) is 4.39 Å². The zero-order valence-electron chi connectivity index (χ0n) is 25.5. The lowest BCUT2D eigenvalue weighted by molar-refractivity contribution is -0.133. The van der Waals surface area contributed by atoms with Crippen molar-refractivity contribution in [2.24, 2.45) is 0 Å². The van der Waals surface area contributed by atoms with Crippen molar-refractivity contribution in [1.82, 2.24) is 25.1 Å². The molecule has 9 nitrogen and oxygen atoms in total. The van der Waals surface area contributed by atoms with Gasteiger partial charge in [-0.1, -0.05) is 18.2 Å². The Kier molecular flexibility index (Phi) is 10.1. The molecule has 0 bridgehead atoms. The SMILES string of the molecule is Cc1cc(Cc2ccc(C(=O)NCC(=O)N3[C@@H](C(C)N[S@@+]([O-])C(C)(C)C)CC[C@H]3c3cccc(F)c3)cc2C)c(=O)[nH]n1. The van der Waals surface area contributed by atoms with Crippen molar-refractivity contribution in [3.8, 4) is 0 Å². The number of hydrogen-bond donors (Lipinski definition) is 3. The molecule has 43 heavy (non-hydrogen) atoms. The van der Waals surface area contributed by atoms with Gasteiger partial charge in [0.2, 0.25) is 5.91 Å². The minimum absolute atomic E-state index is 0.247. The highest BCUT2D eigenvalue weighted by atomic mass is 32.2. The van der Waals surface area contributed by atoms with E-state index in [0.29, 0.717) is 41.6 Å². The van der Waals surface area contributed by atoms with Crippen LogP contribution < -0.4 is 15.6 Å². The Labute approximate surface area is 255 Å². The van der Waals surface area contributed by atoms with Crippen LogP contribution in [-0.4, -0.2) is 54.8 Å². The summed E-state index contributed by atoms with van der Waals surface area (Å²) >= 11 is -1.35. The summed E-state index contributed by atoms with van der Waals surface area (Å²) < 4.78 is 29.6. The van der Waals surface area contributed by atoms with Crippen molar-refractivity contribution >= 4 is 23.2 Å². The number of H-pyrrole nitrogens is 1. The molecule has 1 saturated heterocycles. The Morgan fingerprint density at radius 2 is 1.88 bits per heavy atom. The summed E-state index contributed by atoms with van der Waals surface area (Å²) in [6.45, 7) is 10.9. The van der Waals surface area contributed by atoms with Gasteiger partial charge in [-0.15, -0.1) is 4.72 Å². The molecule has 230 valence electrons. The molecule has 2 aromatic carbocycles. The Bertz CT molecular complexity index is 1540. The first-order valence-corrected chi connectivity index (χ1v) is 15.6. The molecule has 1 aliphatic heterocycles. The number of halogens is 1. The second-order valence-corrected chi connectivity index (χ2v) is 14.2. The lowest BCUT2D eigenvalue weighted by Gasteiger charge is -2.35. The van der Waals surface area contributed by atoms with Crippen LogP contribution in [0.25, 0.3) is 0 Å². The number of amides is 2. The van der Waals surface area contributed by atoms with Gasteiger partial charge in [0.25, 0.3) is 11.5 Å². The summed E-state index contributed by atoms with van der Waals surface area (Å²) in [7, 11) is 0. The van der Waals surface area contributed by atoms with E-state index in [2.05, 4.69) is 20.2 Å². The highest BCUT2D eigenvalue weighted by Gasteiger charge is 2.42. The predicted molar refractivity (Wildman–Crippen MR) is 165 cm³/mol. The maximum atomic E-state index is 14.1. The number of aryl methyl sites for hydroxylation is 2. The van der Waals surface area contributed by atoms with Crippen molar-refractivity contribution in [1.29, 1.82) is 0 Å². The molecular formula is C32H40FN5O4S. The number of carbonyl (C=O) groups is 2. The van der Waals surface area contributed by atoms with Crippen molar-refractivity contribution in [3.05, 3.63) is 98.2 Å². The Hall–Kier alpha value is -3.54. The molecule has 4 atom stereocenters. The van der Waals surface area contributed by atoms with Gasteiger partial charge in [-0.2, -0.15) is 5.10 Å². The maximum absolute atomic E-state index is 14.1. The van der Waals surface area contributed by atoms with E-state index in [0.717, 1.165) is 11.1 Å². The fourth-order valence-electron chi connectivity index (χ4n) is 5.43. The number of aromatic nitrogens is 2. The van der Waals surface area contributed by atoms with Crippen molar-refractivity contribution in [3.63, 3.8) is 0 Å². The van der Waals surface area contributed by atoms with Crippen molar-refractivity contribution < 1.29 is 18.5 Å². The number of nitrogens with one attached hydrogen (secondary N) is 3. The molecule has 1 aliphatic rings. The molecule has 1 fully saturated rings. The molecule has 1 unspecified atom stereocenters. The Morgan fingerprint density at radius 1 is 1.14 bits per heavy atom. The van der Waals surface area contributed by atoms with E-state index in [1.54, 1.807) is 48.2 Å². The van der Waals surface area contributed by atoms with Crippen LogP contribution in [-0.2, 0) is 22.6 Å². The van der Waals surface area contributed by atoms with E-state index >= 15 is 0 Å². The minimum atomic E-state index is -1.35. The largest absolute Gasteiger partial charge is 0.598 e. The van der Waals surface area contributed by atoms with Gasteiger partial charge >= 0.3 is 0 Å². The van der Waals surface area contributed by atoms with Crippen LogP contribution in [0.15, 0.2) is 53.3 Å². The number of likely N-dealkylation sites (tertiary alicyclic amines) is 1. The van der Waals surface area contributed by atoms with Gasteiger partial charge in [0.15, 0.2) is 0 Å². The third-order valence-corrected chi connectivity index (χ3v) is 9.47. The first-order chi connectivity index (χ1) is 20.2. The van der Waals surface area contributed by atoms with E-state index in [9.17, 15) is 23.3 Å². The molecule has 0 radical (unpaired) electrons. The van der Waals surface area contributed by atoms with Gasteiger partial charge in [-0.25, -0.2) is 9.49 Å². The van der Waals surface area contributed by atoms with E-state index in [1.807, 2.05) is 34.6 Å². The van der Waals surface area contributed by atoms with Crippen LogP contribution in [0.1, 0.15) is 84.9 Å². The second kappa shape index (κ2) is 13.4. The third kappa shape index (κ3) is 7.90. The fraction of sp³-hybridized carbons (Fsp3) is 0.438. The van der Waals surface area contributed by atoms with Gasteiger partial charge < -0.3 is 14.8 Å². The standard InChI is InChI=1S/C32H40FN5O4S/c1-19-14-24(11-10-22(19)16-25-15-20(2)35-36-31(25)41)30(40)34-18-29(39)38-27(21(3)37-43(42)32(4,5)6)12-13-28(38)23-8-7-9-26(33)17-23/h7-11,14-15,17,21,27-28,37H,12-13,16,18H2,1-6H3,(H,34,40)(H,36,41)/t21?,27-,28+,43+/m1/s1. The molecule has 3 aromatic rings. The van der Waals surface area contributed by atoms with E-state index in [4.69, 9.17) is 0 Å². The number of carbonyl (C=O) groups excluding carboxylic acids is 2. The Balaban J connectivity index is 1.48. The smallest absolute Gasteiger partial charge is 0.267 e. The average Bonchev–Trinajstić information content (AvgIpc) is 3.39. The molecule has 3 N–H and O–H groups in total. The van der Waals surface area contributed by atoms with Gasteiger partial charge in [0.1, 0.15) is 10.6 Å². The number of aromatic amines is 1. The van der Waals surface area contributed by atoms with Crippen LogP contribution in [0.5, 0.6) is 0 Å². The molecule has 0 spiro atoms. The number of benzene rings is 2. The molecule has 1 aromatic heterocycles. The van der Waals surface area contributed by atoms with Gasteiger partial charge in [0, 0.05) is 28.9 Å². The van der Waals surface area contributed by atoms with Gasteiger partial charge in [-0.05, 0) is 101 Å². The molecule has 2 heterocycles. The van der Waals surface area contributed by atoms with Gasteiger partial charge in [0.05, 0.1) is 30.4 Å². The monoisotopic (exact) mass is 609 g/mol. The Morgan fingerprint density at radius 3 is 2.56 bits per heavy atom. The summed E-state index contributed by atoms with van der Waals surface area (Å²) in [6, 6.07) is 12.2. The number of rotatable bonds is 9. The highest BCUT2D eigenvalue weighted by Crippen LogP contribution is 2.38. The van der Waals surface area contributed by atoms with Crippen LogP contribution in [0.3, 0.4) is 0 Å².